The molecule has 0 amide bonds. The van der Waals surface area contributed by atoms with Gasteiger partial charge < -0.3 is 13.9 Å². The molecule has 0 fully saturated rings. The number of para-hydroxylation sites is 5. The maximum atomic E-state index is 6.59. The van der Waals surface area contributed by atoms with Crippen LogP contribution in [-0.4, -0.2) is 4.57 Å². The second kappa shape index (κ2) is 14.3. The molecule has 2 aromatic heterocycles. The molecular weight excluding hydrogens is 741 g/mol. The summed E-state index contributed by atoms with van der Waals surface area (Å²) in [5.74, 6) is 0. The first-order valence-corrected chi connectivity index (χ1v) is 20.8. The van der Waals surface area contributed by atoms with Crippen LogP contribution in [0.2, 0.25) is 0 Å². The third-order valence-corrected chi connectivity index (χ3v) is 12.2. The number of hydrogen-bond donors (Lipinski definition) is 0. The standard InChI is InChI=1S/C58H38N2O/c1-2-18-46-42(14-1)15-12-28-53(46)59(56-27-9-5-21-49(56)51-23-13-24-52-50-22-6-10-29-57(50)61-58(51)52)44-36-34-40(35-37-44)39-30-32-41(33-31-39)43-16-11-17-45(38-43)60-54-25-7-3-19-47(54)48-20-4-8-26-55(48)60/h1-38H. The van der Waals surface area contributed by atoms with Crippen molar-refractivity contribution >= 4 is 71.6 Å². The highest BCUT2D eigenvalue weighted by Crippen LogP contribution is 2.46. The minimum Gasteiger partial charge on any atom is -0.455 e. The zero-order valence-corrected chi connectivity index (χ0v) is 33.2. The van der Waals surface area contributed by atoms with Gasteiger partial charge in [0.15, 0.2) is 0 Å². The van der Waals surface area contributed by atoms with Gasteiger partial charge in [0.1, 0.15) is 11.2 Å². The summed E-state index contributed by atoms with van der Waals surface area (Å²) in [6.07, 6.45) is 0. The maximum Gasteiger partial charge on any atom is 0.143 e. The molecule has 3 nitrogen and oxygen atoms in total. The van der Waals surface area contributed by atoms with E-state index in [4.69, 9.17) is 4.42 Å². The van der Waals surface area contributed by atoms with E-state index in [-0.39, 0.29) is 0 Å². The predicted octanol–water partition coefficient (Wildman–Crippen LogP) is 16.3. The van der Waals surface area contributed by atoms with Gasteiger partial charge in [-0.1, -0.05) is 176 Å². The van der Waals surface area contributed by atoms with Crippen LogP contribution in [0.4, 0.5) is 17.1 Å². The quantitative estimate of drug-likeness (QED) is 0.161. The number of rotatable bonds is 7. The second-order valence-electron chi connectivity index (χ2n) is 15.7. The van der Waals surface area contributed by atoms with Crippen LogP contribution < -0.4 is 4.90 Å². The topological polar surface area (TPSA) is 21.3 Å². The summed E-state index contributed by atoms with van der Waals surface area (Å²) >= 11 is 0. The lowest BCUT2D eigenvalue weighted by atomic mass is 9.98. The van der Waals surface area contributed by atoms with Crippen molar-refractivity contribution in [3.05, 3.63) is 231 Å². The molecule has 0 aliphatic rings. The van der Waals surface area contributed by atoms with Crippen LogP contribution in [0, 0.1) is 0 Å². The SMILES string of the molecule is c1cc(-c2ccc(-c3ccc(N(c4ccccc4-c4cccc5c4oc4ccccc45)c4cccc5ccccc45)cc3)cc2)cc(-n2c3ccccc3c3ccccc32)c1. The van der Waals surface area contributed by atoms with Crippen LogP contribution in [0.5, 0.6) is 0 Å². The molecular formula is C58H38N2O. The van der Waals surface area contributed by atoms with Crippen molar-refractivity contribution in [1.29, 1.82) is 0 Å². The molecule has 12 rings (SSSR count). The number of benzene rings is 10. The van der Waals surface area contributed by atoms with Crippen LogP contribution in [0.15, 0.2) is 235 Å². The Hall–Kier alpha value is -8.14. The minimum atomic E-state index is 0.893. The highest BCUT2D eigenvalue weighted by Gasteiger charge is 2.22. The van der Waals surface area contributed by atoms with Crippen LogP contribution in [0.25, 0.3) is 93.6 Å². The lowest BCUT2D eigenvalue weighted by Gasteiger charge is -2.29. The molecule has 0 spiro atoms. The first-order valence-electron chi connectivity index (χ1n) is 20.8. The third-order valence-electron chi connectivity index (χ3n) is 12.2. The molecule has 2 heterocycles. The summed E-state index contributed by atoms with van der Waals surface area (Å²) in [5, 5.41) is 7.15. The Kier molecular flexibility index (Phi) is 8.17. The summed E-state index contributed by atoms with van der Waals surface area (Å²) < 4.78 is 8.97. The minimum absolute atomic E-state index is 0.893. The first kappa shape index (κ1) is 34.9. The lowest BCUT2D eigenvalue weighted by molar-refractivity contribution is 0.670. The van der Waals surface area contributed by atoms with Crippen molar-refractivity contribution in [2.24, 2.45) is 0 Å². The molecule has 0 unspecified atom stereocenters. The Balaban J connectivity index is 0.925. The van der Waals surface area contributed by atoms with Crippen LogP contribution in [0.1, 0.15) is 0 Å². The van der Waals surface area contributed by atoms with Crippen LogP contribution in [0.3, 0.4) is 0 Å². The number of nitrogens with zero attached hydrogens (tertiary/aromatic N) is 2. The molecule has 0 N–H and O–H groups in total. The van der Waals surface area contributed by atoms with E-state index in [9.17, 15) is 0 Å². The van der Waals surface area contributed by atoms with Gasteiger partial charge >= 0.3 is 0 Å². The Morgan fingerprint density at radius 2 is 0.869 bits per heavy atom. The van der Waals surface area contributed by atoms with E-state index in [0.717, 1.165) is 61.4 Å². The molecule has 61 heavy (non-hydrogen) atoms. The van der Waals surface area contributed by atoms with Crippen molar-refractivity contribution in [2.45, 2.75) is 0 Å². The van der Waals surface area contributed by atoms with Gasteiger partial charge in [0.25, 0.3) is 0 Å². The molecule has 0 radical (unpaired) electrons. The monoisotopic (exact) mass is 778 g/mol. The average Bonchev–Trinajstić information content (AvgIpc) is 3.89. The van der Waals surface area contributed by atoms with Crippen molar-refractivity contribution in [2.75, 3.05) is 4.90 Å². The average molecular weight is 779 g/mol. The molecule has 0 aliphatic carbocycles. The maximum absolute atomic E-state index is 6.59. The Morgan fingerprint density at radius 1 is 0.344 bits per heavy atom. The molecule has 0 saturated carbocycles. The molecule has 286 valence electrons. The fourth-order valence-electron chi connectivity index (χ4n) is 9.35. The first-order chi connectivity index (χ1) is 30.3. The van der Waals surface area contributed by atoms with Crippen LogP contribution >= 0.6 is 0 Å². The van der Waals surface area contributed by atoms with Gasteiger partial charge in [0.05, 0.1) is 22.4 Å². The van der Waals surface area contributed by atoms with Gasteiger partial charge in [0, 0.05) is 49.4 Å². The molecule has 0 bridgehead atoms. The Morgan fingerprint density at radius 3 is 1.64 bits per heavy atom. The van der Waals surface area contributed by atoms with Gasteiger partial charge in [-0.25, -0.2) is 0 Å². The Bertz CT molecular complexity index is 3530. The summed E-state index contributed by atoms with van der Waals surface area (Å²) in [6.45, 7) is 0. The Labute approximate surface area is 353 Å². The molecule has 3 heteroatoms. The van der Waals surface area contributed by atoms with E-state index in [2.05, 4.69) is 228 Å². The summed E-state index contributed by atoms with van der Waals surface area (Å²) in [6, 6.07) is 82.8. The highest BCUT2D eigenvalue weighted by molar-refractivity contribution is 6.12. The number of fused-ring (bicyclic) bond motifs is 7. The largest absolute Gasteiger partial charge is 0.455 e. The third kappa shape index (κ3) is 5.82. The van der Waals surface area contributed by atoms with Crippen molar-refractivity contribution < 1.29 is 4.42 Å². The van der Waals surface area contributed by atoms with E-state index < -0.39 is 0 Å². The van der Waals surface area contributed by atoms with Gasteiger partial charge in [0.2, 0.25) is 0 Å². The van der Waals surface area contributed by atoms with Crippen LogP contribution in [-0.2, 0) is 0 Å². The lowest BCUT2D eigenvalue weighted by Crippen LogP contribution is -2.11. The fraction of sp³-hybridized carbons (Fsp3) is 0. The molecule has 12 aromatic rings. The molecule has 0 aliphatic heterocycles. The van der Waals surface area contributed by atoms with E-state index in [0.29, 0.717) is 0 Å². The van der Waals surface area contributed by atoms with E-state index in [1.807, 2.05) is 12.1 Å². The summed E-state index contributed by atoms with van der Waals surface area (Å²) in [7, 11) is 0. The number of furan rings is 1. The predicted molar refractivity (Wildman–Crippen MR) is 257 cm³/mol. The van der Waals surface area contributed by atoms with Gasteiger partial charge in [-0.05, 0) is 82.2 Å². The van der Waals surface area contributed by atoms with Crippen molar-refractivity contribution in [1.82, 2.24) is 4.57 Å². The van der Waals surface area contributed by atoms with E-state index >= 15 is 0 Å². The van der Waals surface area contributed by atoms with Gasteiger partial charge in [-0.3, -0.25) is 0 Å². The molecule has 10 aromatic carbocycles. The summed E-state index contributed by atoms with van der Waals surface area (Å²) in [4.78, 5) is 2.40. The van der Waals surface area contributed by atoms with Crippen molar-refractivity contribution in [3.63, 3.8) is 0 Å². The van der Waals surface area contributed by atoms with Gasteiger partial charge in [-0.2, -0.15) is 0 Å². The van der Waals surface area contributed by atoms with E-state index in [1.54, 1.807) is 0 Å². The molecule has 0 atom stereocenters. The van der Waals surface area contributed by atoms with Gasteiger partial charge in [-0.15, -0.1) is 0 Å². The molecule has 0 saturated heterocycles. The number of aromatic nitrogens is 1. The second-order valence-corrected chi connectivity index (χ2v) is 15.7. The highest BCUT2D eigenvalue weighted by atomic mass is 16.3. The normalized spacial score (nSPS) is 11.6. The van der Waals surface area contributed by atoms with E-state index in [1.165, 1.54) is 49.3 Å². The number of anilines is 3. The summed E-state index contributed by atoms with van der Waals surface area (Å²) in [5.41, 5.74) is 15.5. The number of hydrogen-bond acceptors (Lipinski definition) is 2. The fourth-order valence-corrected chi connectivity index (χ4v) is 9.35. The van der Waals surface area contributed by atoms with Crippen molar-refractivity contribution in [3.8, 4) is 39.1 Å². The smallest absolute Gasteiger partial charge is 0.143 e. The zero-order chi connectivity index (χ0) is 40.3. The zero-order valence-electron chi connectivity index (χ0n) is 33.2.